The highest BCUT2D eigenvalue weighted by Gasteiger charge is 2.38. The van der Waals surface area contributed by atoms with Gasteiger partial charge < -0.3 is 9.73 Å². The molecule has 2 aromatic heterocycles. The van der Waals surface area contributed by atoms with E-state index in [0.717, 1.165) is 0 Å². The number of halogens is 4. The van der Waals surface area contributed by atoms with E-state index in [-0.39, 0.29) is 28.4 Å². The molecule has 1 N–H and O–H groups in total. The predicted molar refractivity (Wildman–Crippen MR) is 88.6 cm³/mol. The molecule has 0 radical (unpaired) electrons. The van der Waals surface area contributed by atoms with E-state index in [2.05, 4.69) is 19.7 Å². The Labute approximate surface area is 151 Å². The summed E-state index contributed by atoms with van der Waals surface area (Å²) in [6, 6.07) is 6.99. The van der Waals surface area contributed by atoms with Gasteiger partial charge in [0.1, 0.15) is 23.1 Å². The lowest BCUT2D eigenvalue weighted by atomic mass is 10.1. The van der Waals surface area contributed by atoms with Crippen LogP contribution in [0, 0.1) is 19.7 Å². The number of carbonyl (C=O) groups is 1. The van der Waals surface area contributed by atoms with Crippen molar-refractivity contribution in [1.29, 1.82) is 0 Å². The van der Waals surface area contributed by atoms with Gasteiger partial charge in [0.15, 0.2) is 0 Å². The zero-order valence-electron chi connectivity index (χ0n) is 14.2. The molecule has 0 atom stereocenters. The van der Waals surface area contributed by atoms with Crippen LogP contribution in [0.4, 0.5) is 23.4 Å². The van der Waals surface area contributed by atoms with E-state index in [1.165, 1.54) is 50.4 Å². The molecular formula is C18H13F4N3O2. The number of amides is 1. The molecule has 0 aliphatic carbocycles. The second kappa shape index (κ2) is 6.82. The van der Waals surface area contributed by atoms with Crippen molar-refractivity contribution < 1.29 is 26.8 Å². The van der Waals surface area contributed by atoms with Crippen LogP contribution >= 0.6 is 0 Å². The van der Waals surface area contributed by atoms with E-state index in [4.69, 9.17) is 0 Å². The lowest BCUT2D eigenvalue weighted by Gasteiger charge is -2.08. The fourth-order valence-electron chi connectivity index (χ4n) is 2.43. The fraction of sp³-hybridized carbons (Fsp3) is 0.167. The highest BCUT2D eigenvalue weighted by atomic mass is 19.4. The van der Waals surface area contributed by atoms with Crippen LogP contribution in [0.15, 0.2) is 40.9 Å². The Morgan fingerprint density at radius 3 is 2.48 bits per heavy atom. The monoisotopic (exact) mass is 379 g/mol. The van der Waals surface area contributed by atoms with Gasteiger partial charge in [-0.2, -0.15) is 13.2 Å². The molecule has 1 aromatic carbocycles. The van der Waals surface area contributed by atoms with E-state index in [1.807, 2.05) is 0 Å². The Morgan fingerprint density at radius 1 is 1.15 bits per heavy atom. The van der Waals surface area contributed by atoms with Crippen molar-refractivity contribution in [3.63, 3.8) is 0 Å². The molecule has 140 valence electrons. The van der Waals surface area contributed by atoms with Gasteiger partial charge in [0, 0.05) is 17.3 Å². The molecule has 3 rings (SSSR count). The normalized spacial score (nSPS) is 11.5. The van der Waals surface area contributed by atoms with Crippen molar-refractivity contribution in [3.8, 4) is 11.3 Å². The molecule has 0 saturated carbocycles. The molecular weight excluding hydrogens is 366 g/mol. The summed E-state index contributed by atoms with van der Waals surface area (Å²) in [5, 5.41) is 2.51. The van der Waals surface area contributed by atoms with Gasteiger partial charge >= 0.3 is 12.1 Å². The third-order valence-corrected chi connectivity index (χ3v) is 3.83. The lowest BCUT2D eigenvalue weighted by molar-refractivity contribution is -0.157. The van der Waals surface area contributed by atoms with Crippen molar-refractivity contribution in [2.24, 2.45) is 0 Å². The summed E-state index contributed by atoms with van der Waals surface area (Å²) in [7, 11) is 0. The summed E-state index contributed by atoms with van der Waals surface area (Å²) in [4.78, 5) is 19.7. The molecule has 0 bridgehead atoms. The van der Waals surface area contributed by atoms with Gasteiger partial charge in [0.2, 0.25) is 0 Å². The number of nitrogens with zero attached hydrogens (tertiary/aromatic N) is 2. The molecule has 2 heterocycles. The Kier molecular flexibility index (Phi) is 4.69. The Bertz CT molecular complexity index is 995. The molecule has 3 aromatic rings. The Balaban J connectivity index is 1.81. The van der Waals surface area contributed by atoms with Crippen molar-refractivity contribution >= 4 is 11.7 Å². The molecule has 0 fully saturated rings. The van der Waals surface area contributed by atoms with Crippen LogP contribution in [0.1, 0.15) is 27.6 Å². The van der Waals surface area contributed by atoms with Crippen LogP contribution in [0.5, 0.6) is 0 Å². The molecule has 0 aliphatic rings. The number of anilines is 1. The summed E-state index contributed by atoms with van der Waals surface area (Å²) in [5.41, 5.74) is 0.660. The first kappa shape index (κ1) is 18.6. The first-order valence-corrected chi connectivity index (χ1v) is 7.74. The summed E-state index contributed by atoms with van der Waals surface area (Å²) >= 11 is 0. The number of pyridine rings is 1. The number of rotatable bonds is 3. The molecule has 0 spiro atoms. The number of carbonyl (C=O) groups excluding carboxylic acids is 1. The maximum Gasteiger partial charge on any atom is 0.468 e. The SMILES string of the molecule is Cc1oc(C(F)(F)F)nc1-c1ccc(NC(=O)c2cccc(F)c2C)nc1. The smallest absolute Gasteiger partial charge is 0.438 e. The minimum Gasteiger partial charge on any atom is -0.438 e. The van der Waals surface area contributed by atoms with E-state index in [9.17, 15) is 22.4 Å². The maximum absolute atomic E-state index is 13.6. The molecule has 5 nitrogen and oxygen atoms in total. The van der Waals surface area contributed by atoms with Gasteiger partial charge in [0.25, 0.3) is 5.91 Å². The van der Waals surface area contributed by atoms with Crippen LogP contribution in [0.3, 0.4) is 0 Å². The minimum absolute atomic E-state index is 0.00343. The number of oxazole rings is 1. The first-order chi connectivity index (χ1) is 12.7. The quantitative estimate of drug-likeness (QED) is 0.666. The topological polar surface area (TPSA) is 68.0 Å². The average Bonchev–Trinajstić information content (AvgIpc) is 3.00. The standard InChI is InChI=1S/C18H13F4N3O2/c1-9-12(4-3-5-13(9)19)16(26)24-14-7-6-11(8-23-14)15-10(2)27-17(25-15)18(20,21)22/h3-8H,1-2H3,(H,23,24,26). The third-order valence-electron chi connectivity index (χ3n) is 3.83. The average molecular weight is 379 g/mol. The van der Waals surface area contributed by atoms with E-state index >= 15 is 0 Å². The number of benzene rings is 1. The van der Waals surface area contributed by atoms with Crippen LogP contribution in [-0.4, -0.2) is 15.9 Å². The minimum atomic E-state index is -4.69. The van der Waals surface area contributed by atoms with Gasteiger partial charge in [-0.3, -0.25) is 4.79 Å². The summed E-state index contributed by atoms with van der Waals surface area (Å²) in [6.07, 6.45) is -3.42. The Hall–Kier alpha value is -3.23. The van der Waals surface area contributed by atoms with E-state index < -0.39 is 23.8 Å². The number of nitrogens with one attached hydrogen (secondary N) is 1. The van der Waals surface area contributed by atoms with Crippen molar-refractivity contribution in [2.75, 3.05) is 5.32 Å². The molecule has 27 heavy (non-hydrogen) atoms. The first-order valence-electron chi connectivity index (χ1n) is 7.74. The van der Waals surface area contributed by atoms with Crippen molar-refractivity contribution in [1.82, 2.24) is 9.97 Å². The highest BCUT2D eigenvalue weighted by Crippen LogP contribution is 2.33. The number of hydrogen-bond acceptors (Lipinski definition) is 4. The molecule has 9 heteroatoms. The number of aromatic nitrogens is 2. The van der Waals surface area contributed by atoms with Crippen LogP contribution in [-0.2, 0) is 6.18 Å². The number of hydrogen-bond donors (Lipinski definition) is 1. The number of alkyl halides is 3. The summed E-state index contributed by atoms with van der Waals surface area (Å²) in [6.45, 7) is 2.84. The lowest BCUT2D eigenvalue weighted by Crippen LogP contribution is -2.14. The van der Waals surface area contributed by atoms with Gasteiger partial charge in [-0.05, 0) is 43.7 Å². The molecule has 1 amide bonds. The second-order valence-corrected chi connectivity index (χ2v) is 5.72. The van der Waals surface area contributed by atoms with Crippen molar-refractivity contribution in [2.45, 2.75) is 20.0 Å². The third kappa shape index (κ3) is 3.81. The predicted octanol–water partition coefficient (Wildman–Crippen LogP) is 4.76. The zero-order valence-corrected chi connectivity index (χ0v) is 14.2. The van der Waals surface area contributed by atoms with Crippen molar-refractivity contribution in [3.05, 3.63) is 65.1 Å². The molecule has 0 saturated heterocycles. The van der Waals surface area contributed by atoms with Crippen LogP contribution in [0.25, 0.3) is 11.3 Å². The largest absolute Gasteiger partial charge is 0.468 e. The zero-order chi connectivity index (χ0) is 19.8. The fourth-order valence-corrected chi connectivity index (χ4v) is 2.43. The Morgan fingerprint density at radius 2 is 1.89 bits per heavy atom. The van der Waals surface area contributed by atoms with Gasteiger partial charge in [-0.1, -0.05) is 6.07 Å². The van der Waals surface area contributed by atoms with Gasteiger partial charge in [-0.25, -0.2) is 14.4 Å². The highest BCUT2D eigenvalue weighted by molar-refractivity contribution is 6.04. The van der Waals surface area contributed by atoms with Crippen LogP contribution in [0.2, 0.25) is 0 Å². The van der Waals surface area contributed by atoms with E-state index in [1.54, 1.807) is 0 Å². The summed E-state index contributed by atoms with van der Waals surface area (Å²) in [5.74, 6) is -2.24. The van der Waals surface area contributed by atoms with Gasteiger partial charge in [-0.15, -0.1) is 0 Å². The molecule has 0 aliphatic heterocycles. The van der Waals surface area contributed by atoms with E-state index in [0.29, 0.717) is 5.56 Å². The molecule has 0 unspecified atom stereocenters. The van der Waals surface area contributed by atoms with Gasteiger partial charge in [0.05, 0.1) is 0 Å². The van der Waals surface area contributed by atoms with Crippen LogP contribution < -0.4 is 5.32 Å². The summed E-state index contributed by atoms with van der Waals surface area (Å²) < 4.78 is 56.2. The maximum atomic E-state index is 13.6. The number of aryl methyl sites for hydroxylation is 1. The second-order valence-electron chi connectivity index (χ2n) is 5.72.